The number of hydrogen-bond acceptors (Lipinski definition) is 2. The maximum atomic E-state index is 11.4. The Morgan fingerprint density at radius 1 is 1.15 bits per heavy atom. The van der Waals surface area contributed by atoms with E-state index in [-0.39, 0.29) is 17.0 Å². The van der Waals surface area contributed by atoms with Crippen molar-refractivity contribution in [2.24, 2.45) is 5.41 Å². The van der Waals surface area contributed by atoms with E-state index in [4.69, 9.17) is 0 Å². The van der Waals surface area contributed by atoms with Crippen molar-refractivity contribution < 1.29 is 9.59 Å². The lowest BCUT2D eigenvalue weighted by atomic mass is 9.82. The zero-order valence-electron chi connectivity index (χ0n) is 8.30. The van der Waals surface area contributed by atoms with Crippen LogP contribution in [0.1, 0.15) is 39.5 Å². The molecule has 1 fully saturated rings. The van der Waals surface area contributed by atoms with E-state index >= 15 is 0 Å². The van der Waals surface area contributed by atoms with Crippen molar-refractivity contribution in [2.45, 2.75) is 39.5 Å². The fraction of sp³-hybridized carbons (Fsp3) is 0.636. The van der Waals surface area contributed by atoms with Crippen LogP contribution in [0.3, 0.4) is 0 Å². The van der Waals surface area contributed by atoms with Gasteiger partial charge in [-0.15, -0.1) is 0 Å². The van der Waals surface area contributed by atoms with Crippen LogP contribution >= 0.6 is 0 Å². The molecule has 1 rings (SSSR count). The van der Waals surface area contributed by atoms with Gasteiger partial charge in [0.05, 0.1) is 0 Å². The van der Waals surface area contributed by atoms with Gasteiger partial charge in [-0.05, 0) is 32.8 Å². The Bertz CT molecular complexity index is 245. The monoisotopic (exact) mass is 180 g/mol. The molecule has 2 heteroatoms. The van der Waals surface area contributed by atoms with Gasteiger partial charge in [0.2, 0.25) is 0 Å². The number of Topliss-reactive ketones (excluding diaryl/α,β-unsaturated/α-hetero) is 1. The molecule has 0 saturated heterocycles. The van der Waals surface area contributed by atoms with Gasteiger partial charge in [0.15, 0.2) is 5.78 Å². The highest BCUT2D eigenvalue weighted by Gasteiger charge is 2.35. The molecule has 0 unspecified atom stereocenters. The van der Waals surface area contributed by atoms with E-state index in [2.05, 4.69) is 0 Å². The summed E-state index contributed by atoms with van der Waals surface area (Å²) in [6.07, 6.45) is 7.36. The molecule has 0 spiro atoms. The lowest BCUT2D eigenvalue weighted by Gasteiger charge is -2.20. The molecule has 0 bridgehead atoms. The number of carbonyl (C=O) groups excluding carboxylic acids is 2. The second-order valence-corrected chi connectivity index (χ2v) is 3.86. The molecule has 0 aromatic carbocycles. The number of rotatable bonds is 3. The van der Waals surface area contributed by atoms with E-state index < -0.39 is 0 Å². The van der Waals surface area contributed by atoms with Crippen LogP contribution in [-0.4, -0.2) is 11.6 Å². The Labute approximate surface area is 79.0 Å². The molecular formula is C11H16O2. The van der Waals surface area contributed by atoms with Crippen LogP contribution in [-0.2, 0) is 9.59 Å². The normalized spacial score (nSPS) is 20.8. The zero-order chi connectivity index (χ0) is 9.90. The van der Waals surface area contributed by atoms with Crippen molar-refractivity contribution in [3.63, 3.8) is 0 Å². The first-order valence-corrected chi connectivity index (χ1v) is 4.78. The molecule has 0 atom stereocenters. The standard InChI is InChI=1S/C11H16O2/c1-9(12)5-8-11(10(2)13)6-3-4-7-11/h5,8H,3-4,6-7H2,1-2H3/b8-5+. The summed E-state index contributed by atoms with van der Waals surface area (Å²) in [6.45, 7) is 3.13. The molecule has 0 radical (unpaired) electrons. The van der Waals surface area contributed by atoms with E-state index in [0.29, 0.717) is 0 Å². The van der Waals surface area contributed by atoms with Crippen LogP contribution in [0.2, 0.25) is 0 Å². The van der Waals surface area contributed by atoms with Gasteiger partial charge in [-0.2, -0.15) is 0 Å². The Morgan fingerprint density at radius 3 is 2.08 bits per heavy atom. The first kappa shape index (κ1) is 10.2. The number of allylic oxidation sites excluding steroid dienone is 2. The minimum absolute atomic E-state index is 0.0209. The van der Waals surface area contributed by atoms with Gasteiger partial charge in [0, 0.05) is 5.41 Å². The summed E-state index contributed by atoms with van der Waals surface area (Å²) < 4.78 is 0. The number of carbonyl (C=O) groups is 2. The third-order valence-electron chi connectivity index (χ3n) is 2.83. The quantitative estimate of drug-likeness (QED) is 0.624. The molecular weight excluding hydrogens is 164 g/mol. The largest absolute Gasteiger partial charge is 0.299 e. The highest BCUT2D eigenvalue weighted by atomic mass is 16.1. The molecule has 72 valence electrons. The molecule has 1 aliphatic rings. The topological polar surface area (TPSA) is 34.1 Å². The van der Waals surface area contributed by atoms with Crippen LogP contribution < -0.4 is 0 Å². The summed E-state index contributed by atoms with van der Waals surface area (Å²) in [5, 5.41) is 0. The van der Waals surface area contributed by atoms with Crippen LogP contribution in [0, 0.1) is 5.41 Å². The molecule has 0 aromatic rings. The molecule has 1 aliphatic carbocycles. The second-order valence-electron chi connectivity index (χ2n) is 3.86. The van der Waals surface area contributed by atoms with Crippen molar-refractivity contribution in [1.82, 2.24) is 0 Å². The van der Waals surface area contributed by atoms with Gasteiger partial charge in [0.25, 0.3) is 0 Å². The van der Waals surface area contributed by atoms with Gasteiger partial charge in [-0.3, -0.25) is 9.59 Å². The first-order chi connectivity index (χ1) is 6.07. The average molecular weight is 180 g/mol. The van der Waals surface area contributed by atoms with Gasteiger partial charge in [-0.25, -0.2) is 0 Å². The van der Waals surface area contributed by atoms with E-state index in [0.717, 1.165) is 25.7 Å². The summed E-state index contributed by atoms with van der Waals surface area (Å²) in [5.74, 6) is 0.218. The van der Waals surface area contributed by atoms with Crippen LogP contribution in [0.5, 0.6) is 0 Å². The Morgan fingerprint density at radius 2 is 1.69 bits per heavy atom. The molecule has 0 amide bonds. The van der Waals surface area contributed by atoms with Crippen molar-refractivity contribution in [3.05, 3.63) is 12.2 Å². The van der Waals surface area contributed by atoms with Crippen molar-refractivity contribution >= 4 is 11.6 Å². The SMILES string of the molecule is CC(=O)/C=C/C1(C(C)=O)CCCC1. The van der Waals surface area contributed by atoms with Gasteiger partial charge < -0.3 is 0 Å². The van der Waals surface area contributed by atoms with Crippen LogP contribution in [0.25, 0.3) is 0 Å². The summed E-state index contributed by atoms with van der Waals surface area (Å²) in [7, 11) is 0. The minimum Gasteiger partial charge on any atom is -0.299 e. The van der Waals surface area contributed by atoms with E-state index in [1.165, 1.54) is 13.0 Å². The van der Waals surface area contributed by atoms with E-state index in [1.807, 2.05) is 6.08 Å². The van der Waals surface area contributed by atoms with Gasteiger partial charge in [0.1, 0.15) is 5.78 Å². The fourth-order valence-electron chi connectivity index (χ4n) is 1.92. The summed E-state index contributed by atoms with van der Waals surface area (Å²) in [4.78, 5) is 22.2. The predicted octanol–water partition coefficient (Wildman–Crippen LogP) is 2.28. The van der Waals surface area contributed by atoms with Gasteiger partial charge in [-0.1, -0.05) is 18.9 Å². The highest BCUT2D eigenvalue weighted by Crippen LogP contribution is 2.40. The van der Waals surface area contributed by atoms with Crippen molar-refractivity contribution in [1.29, 1.82) is 0 Å². The van der Waals surface area contributed by atoms with E-state index in [9.17, 15) is 9.59 Å². The maximum Gasteiger partial charge on any atom is 0.152 e. The first-order valence-electron chi connectivity index (χ1n) is 4.78. The maximum absolute atomic E-state index is 11.4. The summed E-state index contributed by atoms with van der Waals surface area (Å²) in [6, 6.07) is 0. The Hall–Kier alpha value is -0.920. The third kappa shape index (κ3) is 2.27. The predicted molar refractivity (Wildman–Crippen MR) is 51.4 cm³/mol. The smallest absolute Gasteiger partial charge is 0.152 e. The molecule has 1 saturated carbocycles. The molecule has 0 heterocycles. The van der Waals surface area contributed by atoms with Crippen LogP contribution in [0.4, 0.5) is 0 Å². The fourth-order valence-corrected chi connectivity index (χ4v) is 1.92. The second kappa shape index (κ2) is 3.86. The van der Waals surface area contributed by atoms with E-state index in [1.54, 1.807) is 6.92 Å². The van der Waals surface area contributed by atoms with Crippen molar-refractivity contribution in [3.8, 4) is 0 Å². The summed E-state index contributed by atoms with van der Waals surface area (Å²) in [5.41, 5.74) is -0.314. The number of hydrogen-bond donors (Lipinski definition) is 0. The lowest BCUT2D eigenvalue weighted by Crippen LogP contribution is -2.22. The van der Waals surface area contributed by atoms with Gasteiger partial charge >= 0.3 is 0 Å². The highest BCUT2D eigenvalue weighted by molar-refractivity contribution is 5.90. The lowest BCUT2D eigenvalue weighted by molar-refractivity contribution is -0.123. The molecule has 13 heavy (non-hydrogen) atoms. The minimum atomic E-state index is -0.314. The summed E-state index contributed by atoms with van der Waals surface area (Å²) >= 11 is 0. The van der Waals surface area contributed by atoms with Crippen LogP contribution in [0.15, 0.2) is 12.2 Å². The molecule has 0 N–H and O–H groups in total. The molecule has 2 nitrogen and oxygen atoms in total. The molecule has 0 aromatic heterocycles. The Balaban J connectivity index is 2.79. The average Bonchev–Trinajstić information content (AvgIpc) is 2.50. The number of ketones is 2. The third-order valence-corrected chi connectivity index (χ3v) is 2.83. The molecule has 0 aliphatic heterocycles. The zero-order valence-corrected chi connectivity index (χ0v) is 8.30. The van der Waals surface area contributed by atoms with Crippen molar-refractivity contribution in [2.75, 3.05) is 0 Å². The Kier molecular flexibility index (Phi) is 3.02.